The quantitative estimate of drug-likeness (QED) is 0.891. The molecule has 1 saturated heterocycles. The van der Waals surface area contributed by atoms with Gasteiger partial charge in [-0.2, -0.15) is 0 Å². The van der Waals surface area contributed by atoms with E-state index in [-0.39, 0.29) is 5.91 Å². The highest BCUT2D eigenvalue weighted by atomic mass is 16.1. The van der Waals surface area contributed by atoms with E-state index in [1.807, 2.05) is 30.6 Å². The molecule has 5 nitrogen and oxygen atoms in total. The minimum atomic E-state index is 0.150. The normalized spacial score (nSPS) is 16.7. The Labute approximate surface area is 137 Å². The third kappa shape index (κ3) is 4.10. The summed E-state index contributed by atoms with van der Waals surface area (Å²) in [4.78, 5) is 19.0. The van der Waals surface area contributed by atoms with Crippen LogP contribution in [-0.2, 0) is 11.3 Å². The second-order valence-electron chi connectivity index (χ2n) is 6.36. The van der Waals surface area contributed by atoms with E-state index in [2.05, 4.69) is 26.7 Å². The van der Waals surface area contributed by atoms with Gasteiger partial charge >= 0.3 is 0 Å². The zero-order valence-corrected chi connectivity index (χ0v) is 13.9. The predicted molar refractivity (Wildman–Crippen MR) is 92.2 cm³/mol. The van der Waals surface area contributed by atoms with Crippen LogP contribution in [0.5, 0.6) is 0 Å². The first-order valence-electron chi connectivity index (χ1n) is 8.68. The lowest BCUT2D eigenvalue weighted by atomic mass is 10.0. The van der Waals surface area contributed by atoms with Crippen LogP contribution >= 0.6 is 0 Å². The third-order valence-electron chi connectivity index (χ3n) is 4.60. The van der Waals surface area contributed by atoms with E-state index in [1.165, 1.54) is 13.0 Å². The summed E-state index contributed by atoms with van der Waals surface area (Å²) in [5.74, 6) is 0.150. The Bertz CT molecular complexity index is 643. The molecule has 5 heteroatoms. The number of amides is 1. The van der Waals surface area contributed by atoms with Gasteiger partial charge in [-0.05, 0) is 37.9 Å². The van der Waals surface area contributed by atoms with E-state index in [9.17, 15) is 4.79 Å². The minimum Gasteiger partial charge on any atom is -0.353 e. The summed E-state index contributed by atoms with van der Waals surface area (Å²) >= 11 is 0. The molecule has 0 aliphatic carbocycles. The van der Waals surface area contributed by atoms with Gasteiger partial charge in [0, 0.05) is 32.1 Å². The van der Waals surface area contributed by atoms with Crippen molar-refractivity contribution in [3.05, 3.63) is 30.6 Å². The van der Waals surface area contributed by atoms with E-state index in [0.717, 1.165) is 37.0 Å². The largest absolute Gasteiger partial charge is 0.353 e. The van der Waals surface area contributed by atoms with Crippen LogP contribution in [0.4, 0.5) is 0 Å². The maximum atomic E-state index is 12.2. The number of fused-ring (bicyclic) bond motifs is 1. The number of carbonyl (C=O) groups is 1. The Morgan fingerprint density at radius 2 is 2.04 bits per heavy atom. The Kier molecular flexibility index (Phi) is 5.28. The number of imidazole rings is 1. The van der Waals surface area contributed by atoms with Gasteiger partial charge in [-0.1, -0.05) is 19.1 Å². The van der Waals surface area contributed by atoms with Gasteiger partial charge < -0.3 is 14.8 Å². The lowest BCUT2D eigenvalue weighted by Gasteiger charge is -2.32. The Morgan fingerprint density at radius 1 is 1.26 bits per heavy atom. The molecule has 0 bridgehead atoms. The molecule has 1 fully saturated rings. The van der Waals surface area contributed by atoms with Crippen molar-refractivity contribution in [2.24, 2.45) is 0 Å². The van der Waals surface area contributed by atoms with E-state index in [4.69, 9.17) is 0 Å². The van der Waals surface area contributed by atoms with Crippen LogP contribution in [0.15, 0.2) is 30.6 Å². The van der Waals surface area contributed by atoms with Crippen LogP contribution in [0.1, 0.15) is 32.6 Å². The fourth-order valence-corrected chi connectivity index (χ4v) is 3.33. The number of rotatable bonds is 6. The molecule has 2 aromatic rings. The first kappa shape index (κ1) is 16.0. The molecule has 0 radical (unpaired) electrons. The van der Waals surface area contributed by atoms with Gasteiger partial charge in [0.15, 0.2) is 0 Å². The number of aryl methyl sites for hydroxylation is 1. The number of piperidine rings is 1. The summed E-state index contributed by atoms with van der Waals surface area (Å²) in [5, 5.41) is 3.19. The number of likely N-dealkylation sites (tertiary alicyclic amines) is 1. The van der Waals surface area contributed by atoms with Gasteiger partial charge in [0.1, 0.15) is 0 Å². The third-order valence-corrected chi connectivity index (χ3v) is 4.60. The molecule has 1 N–H and O–H groups in total. The van der Waals surface area contributed by atoms with Gasteiger partial charge in [-0.25, -0.2) is 4.98 Å². The first-order valence-corrected chi connectivity index (χ1v) is 8.68. The maximum Gasteiger partial charge on any atom is 0.222 e. The van der Waals surface area contributed by atoms with Crippen LogP contribution in [0.25, 0.3) is 11.0 Å². The van der Waals surface area contributed by atoms with Crippen molar-refractivity contribution >= 4 is 16.9 Å². The van der Waals surface area contributed by atoms with Gasteiger partial charge in [0.2, 0.25) is 5.91 Å². The lowest BCUT2D eigenvalue weighted by molar-refractivity contribution is -0.122. The number of carbonyl (C=O) groups excluding carboxylic acids is 1. The van der Waals surface area contributed by atoms with E-state index in [1.54, 1.807) is 0 Å². The van der Waals surface area contributed by atoms with Crippen LogP contribution in [0.2, 0.25) is 0 Å². The minimum absolute atomic E-state index is 0.150. The molecule has 0 atom stereocenters. The van der Waals surface area contributed by atoms with E-state index in [0.29, 0.717) is 19.0 Å². The molecule has 1 amide bonds. The molecule has 23 heavy (non-hydrogen) atoms. The molecule has 2 heterocycles. The highest BCUT2D eigenvalue weighted by Crippen LogP contribution is 2.13. The highest BCUT2D eigenvalue weighted by molar-refractivity contribution is 5.77. The SMILES string of the molecule is CCCN1CCC(NC(=O)CCn2cnc3ccccc32)CC1. The summed E-state index contributed by atoms with van der Waals surface area (Å²) in [6.45, 7) is 6.28. The zero-order valence-electron chi connectivity index (χ0n) is 13.9. The summed E-state index contributed by atoms with van der Waals surface area (Å²) in [6, 6.07) is 8.37. The van der Waals surface area contributed by atoms with Crippen LogP contribution in [-0.4, -0.2) is 46.0 Å². The van der Waals surface area contributed by atoms with Crippen molar-refractivity contribution in [2.75, 3.05) is 19.6 Å². The fraction of sp³-hybridized carbons (Fsp3) is 0.556. The van der Waals surface area contributed by atoms with Gasteiger partial charge in [-0.3, -0.25) is 4.79 Å². The van der Waals surface area contributed by atoms with Gasteiger partial charge in [0.25, 0.3) is 0 Å². The van der Waals surface area contributed by atoms with Crippen molar-refractivity contribution in [2.45, 2.75) is 45.2 Å². The number of nitrogens with zero attached hydrogens (tertiary/aromatic N) is 3. The summed E-state index contributed by atoms with van der Waals surface area (Å²) < 4.78 is 2.05. The zero-order chi connectivity index (χ0) is 16.1. The maximum absolute atomic E-state index is 12.2. The topological polar surface area (TPSA) is 50.2 Å². The number of para-hydroxylation sites is 2. The van der Waals surface area contributed by atoms with Crippen LogP contribution in [0, 0.1) is 0 Å². The van der Waals surface area contributed by atoms with E-state index >= 15 is 0 Å². The predicted octanol–water partition coefficient (Wildman–Crippen LogP) is 2.42. The molecule has 1 aromatic carbocycles. The molecular formula is C18H26N4O. The van der Waals surface area contributed by atoms with Crippen LogP contribution in [0.3, 0.4) is 0 Å². The molecule has 124 valence electrons. The molecule has 3 rings (SSSR count). The smallest absolute Gasteiger partial charge is 0.222 e. The number of hydrogen-bond acceptors (Lipinski definition) is 3. The number of aromatic nitrogens is 2. The lowest BCUT2D eigenvalue weighted by Crippen LogP contribution is -2.44. The number of nitrogens with one attached hydrogen (secondary N) is 1. The second kappa shape index (κ2) is 7.59. The van der Waals surface area contributed by atoms with Crippen molar-refractivity contribution in [3.8, 4) is 0 Å². The summed E-state index contributed by atoms with van der Waals surface area (Å²) in [7, 11) is 0. The van der Waals surface area contributed by atoms with Crippen LogP contribution < -0.4 is 5.32 Å². The van der Waals surface area contributed by atoms with Gasteiger partial charge in [-0.15, -0.1) is 0 Å². The molecule has 0 saturated carbocycles. The Balaban J connectivity index is 1.45. The molecular weight excluding hydrogens is 288 g/mol. The standard InChI is InChI=1S/C18H26N4O/c1-2-10-21-11-7-15(8-12-21)20-18(23)9-13-22-14-19-16-5-3-4-6-17(16)22/h3-6,14-15H,2,7-13H2,1H3,(H,20,23). The first-order chi connectivity index (χ1) is 11.3. The Hall–Kier alpha value is -1.88. The average molecular weight is 314 g/mol. The van der Waals surface area contributed by atoms with Crippen molar-refractivity contribution in [1.82, 2.24) is 19.8 Å². The highest BCUT2D eigenvalue weighted by Gasteiger charge is 2.19. The summed E-state index contributed by atoms with van der Waals surface area (Å²) in [6.07, 6.45) is 5.67. The molecule has 0 spiro atoms. The number of hydrogen-bond donors (Lipinski definition) is 1. The average Bonchev–Trinajstić information content (AvgIpc) is 2.98. The van der Waals surface area contributed by atoms with Crippen molar-refractivity contribution < 1.29 is 4.79 Å². The molecule has 0 unspecified atom stereocenters. The molecule has 1 aliphatic rings. The second-order valence-corrected chi connectivity index (χ2v) is 6.36. The molecule has 1 aromatic heterocycles. The molecule has 1 aliphatic heterocycles. The van der Waals surface area contributed by atoms with Gasteiger partial charge in [0.05, 0.1) is 17.4 Å². The fourth-order valence-electron chi connectivity index (χ4n) is 3.33. The van der Waals surface area contributed by atoms with Crippen molar-refractivity contribution in [3.63, 3.8) is 0 Å². The Morgan fingerprint density at radius 3 is 2.83 bits per heavy atom. The van der Waals surface area contributed by atoms with Crippen molar-refractivity contribution in [1.29, 1.82) is 0 Å². The summed E-state index contributed by atoms with van der Waals surface area (Å²) in [5.41, 5.74) is 2.07. The van der Waals surface area contributed by atoms with E-state index < -0.39 is 0 Å². The monoisotopic (exact) mass is 314 g/mol. The number of benzene rings is 1.